The first-order valence-corrected chi connectivity index (χ1v) is 7.76. The van der Waals surface area contributed by atoms with Crippen LogP contribution in [0.25, 0.3) is 0 Å². The maximum absolute atomic E-state index is 14.0. The fourth-order valence-electron chi connectivity index (χ4n) is 1.64. The van der Waals surface area contributed by atoms with E-state index in [4.69, 9.17) is 4.74 Å². The van der Waals surface area contributed by atoms with Crippen molar-refractivity contribution in [3.8, 4) is 5.75 Å². The van der Waals surface area contributed by atoms with E-state index in [9.17, 15) is 22.0 Å². The van der Waals surface area contributed by atoms with Crippen molar-refractivity contribution in [1.29, 1.82) is 0 Å². The molecule has 6 nitrogen and oxygen atoms in total. The number of hydrogen-bond donors (Lipinski definition) is 1. The van der Waals surface area contributed by atoms with Crippen LogP contribution in [0.15, 0.2) is 53.7 Å². The van der Waals surface area contributed by atoms with Crippen molar-refractivity contribution in [3.63, 3.8) is 0 Å². The van der Waals surface area contributed by atoms with Gasteiger partial charge < -0.3 is 10.1 Å². The van der Waals surface area contributed by atoms with Crippen LogP contribution in [-0.2, 0) is 14.6 Å². The fourth-order valence-corrected chi connectivity index (χ4v) is 2.65. The molecule has 1 aromatic carbocycles. The molecular formula is C14H12F2N2O4S. The van der Waals surface area contributed by atoms with E-state index in [-0.39, 0.29) is 5.69 Å². The monoisotopic (exact) mass is 342 g/mol. The first kappa shape index (κ1) is 16.8. The summed E-state index contributed by atoms with van der Waals surface area (Å²) in [5, 5.41) is -3.69. The van der Waals surface area contributed by atoms with E-state index in [2.05, 4.69) is 4.98 Å². The molecule has 9 heteroatoms. The molecule has 1 amide bonds. The zero-order valence-corrected chi connectivity index (χ0v) is 12.7. The van der Waals surface area contributed by atoms with Gasteiger partial charge in [-0.25, -0.2) is 13.4 Å². The topological polar surface area (TPSA) is 85.4 Å². The minimum absolute atomic E-state index is 0.00620. The molecule has 1 aromatic heterocycles. The molecule has 2 rings (SSSR count). The summed E-state index contributed by atoms with van der Waals surface area (Å²) >= 11 is 0. The van der Waals surface area contributed by atoms with Crippen LogP contribution in [0, 0.1) is 0 Å². The summed E-state index contributed by atoms with van der Waals surface area (Å²) in [6.07, 6.45) is 1.05. The fraction of sp³-hybridized carbons (Fsp3) is 0.143. The van der Waals surface area contributed by atoms with Crippen molar-refractivity contribution in [2.75, 3.05) is 12.4 Å². The summed E-state index contributed by atoms with van der Waals surface area (Å²) < 4.78 is 56.8. The van der Waals surface area contributed by atoms with Gasteiger partial charge in [-0.1, -0.05) is 6.07 Å². The van der Waals surface area contributed by atoms with Gasteiger partial charge in [0.2, 0.25) is 0 Å². The predicted octanol–water partition coefficient (Wildman–Crippen LogP) is 2.10. The van der Waals surface area contributed by atoms with Gasteiger partial charge in [0.15, 0.2) is 5.03 Å². The number of hydrogen-bond acceptors (Lipinski definition) is 5. The molecule has 0 unspecified atom stereocenters. The van der Waals surface area contributed by atoms with E-state index in [1.165, 1.54) is 43.5 Å². The molecule has 0 spiro atoms. The van der Waals surface area contributed by atoms with Crippen molar-refractivity contribution >= 4 is 21.4 Å². The van der Waals surface area contributed by atoms with E-state index < -0.39 is 26.0 Å². The molecule has 0 aliphatic carbocycles. The number of methoxy groups -OCH3 is 1. The lowest BCUT2D eigenvalue weighted by Crippen LogP contribution is -2.42. The summed E-state index contributed by atoms with van der Waals surface area (Å²) in [7, 11) is -3.83. The molecular weight excluding hydrogens is 330 g/mol. The average molecular weight is 342 g/mol. The van der Waals surface area contributed by atoms with Crippen LogP contribution in [0.2, 0.25) is 0 Å². The van der Waals surface area contributed by atoms with Gasteiger partial charge in [0.05, 0.1) is 7.11 Å². The van der Waals surface area contributed by atoms with E-state index in [0.29, 0.717) is 5.75 Å². The molecule has 0 atom stereocenters. The minimum Gasteiger partial charge on any atom is -0.497 e. The Morgan fingerprint density at radius 1 is 1.17 bits per heavy atom. The summed E-state index contributed by atoms with van der Waals surface area (Å²) in [5.74, 6) is -1.51. The minimum atomic E-state index is -5.25. The second-order valence-corrected chi connectivity index (χ2v) is 6.31. The predicted molar refractivity (Wildman–Crippen MR) is 78.0 cm³/mol. The highest BCUT2D eigenvalue weighted by molar-refractivity contribution is 7.93. The number of sulfone groups is 1. The highest BCUT2D eigenvalue weighted by Crippen LogP contribution is 2.29. The first-order valence-electron chi connectivity index (χ1n) is 6.28. The second kappa shape index (κ2) is 6.29. The van der Waals surface area contributed by atoms with Crippen LogP contribution in [0.4, 0.5) is 14.5 Å². The third kappa shape index (κ3) is 3.29. The number of carbonyl (C=O) groups excluding carboxylic acids is 1. The highest BCUT2D eigenvalue weighted by atomic mass is 32.2. The number of amides is 1. The SMILES string of the molecule is COc1ccc(NC(=O)C(F)(F)S(=O)(=O)c2ccccn2)cc1. The van der Waals surface area contributed by atoms with Crippen LogP contribution >= 0.6 is 0 Å². The number of aromatic nitrogens is 1. The Morgan fingerprint density at radius 2 is 1.83 bits per heavy atom. The molecule has 0 fully saturated rings. The zero-order valence-electron chi connectivity index (χ0n) is 11.9. The Kier molecular flexibility index (Phi) is 4.60. The highest BCUT2D eigenvalue weighted by Gasteiger charge is 2.54. The van der Waals surface area contributed by atoms with Crippen molar-refractivity contribution in [2.45, 2.75) is 10.3 Å². The molecule has 0 aliphatic heterocycles. The van der Waals surface area contributed by atoms with E-state index >= 15 is 0 Å². The van der Waals surface area contributed by atoms with Crippen LogP contribution in [0.1, 0.15) is 0 Å². The van der Waals surface area contributed by atoms with Crippen molar-refractivity contribution < 1.29 is 26.7 Å². The number of pyridine rings is 1. The summed E-state index contributed by atoms with van der Waals surface area (Å²) in [6.45, 7) is 0. The molecule has 1 heterocycles. The Labute approximate surface area is 131 Å². The van der Waals surface area contributed by atoms with Gasteiger partial charge >= 0.3 is 11.2 Å². The lowest BCUT2D eigenvalue weighted by atomic mass is 10.3. The number of anilines is 1. The molecule has 0 saturated carbocycles. The first-order chi connectivity index (χ1) is 10.8. The van der Waals surface area contributed by atoms with Crippen molar-refractivity contribution in [2.24, 2.45) is 0 Å². The van der Waals surface area contributed by atoms with Gasteiger partial charge in [0, 0.05) is 11.9 Å². The quantitative estimate of drug-likeness (QED) is 0.899. The summed E-state index contributed by atoms with van der Waals surface area (Å²) in [5.41, 5.74) is 0.00620. The molecule has 0 bridgehead atoms. The molecule has 1 N–H and O–H groups in total. The maximum Gasteiger partial charge on any atom is 0.427 e. The Hall–Kier alpha value is -2.55. The normalized spacial score (nSPS) is 11.8. The van der Waals surface area contributed by atoms with Crippen molar-refractivity contribution in [3.05, 3.63) is 48.7 Å². The standard InChI is InChI=1S/C14H12F2N2O4S/c1-22-11-7-5-10(6-8-11)18-13(19)14(15,16)23(20,21)12-4-2-3-9-17-12/h2-9H,1H3,(H,18,19). The smallest absolute Gasteiger partial charge is 0.427 e. The third-order valence-corrected chi connectivity index (χ3v) is 4.52. The molecule has 2 aromatic rings. The summed E-state index contributed by atoms with van der Waals surface area (Å²) in [6, 6.07) is 8.97. The van der Waals surface area contributed by atoms with Crippen LogP contribution in [0.3, 0.4) is 0 Å². The number of benzene rings is 1. The molecule has 122 valence electrons. The number of rotatable bonds is 5. The number of halogens is 2. The van der Waals surface area contributed by atoms with E-state index in [1.54, 1.807) is 0 Å². The zero-order chi connectivity index (χ0) is 17.1. The number of nitrogens with one attached hydrogen (secondary N) is 1. The number of nitrogens with zero attached hydrogens (tertiary/aromatic N) is 1. The average Bonchev–Trinajstić information content (AvgIpc) is 2.56. The lowest BCUT2D eigenvalue weighted by molar-refractivity contribution is -0.130. The number of carbonyl (C=O) groups is 1. The number of alkyl halides is 2. The van der Waals surface area contributed by atoms with E-state index in [1.807, 2.05) is 5.32 Å². The van der Waals surface area contributed by atoms with Crippen LogP contribution in [-0.4, -0.2) is 31.7 Å². The van der Waals surface area contributed by atoms with Crippen LogP contribution < -0.4 is 10.1 Å². The Balaban J connectivity index is 2.25. The van der Waals surface area contributed by atoms with Gasteiger partial charge in [-0.05, 0) is 36.4 Å². The van der Waals surface area contributed by atoms with E-state index in [0.717, 1.165) is 12.3 Å². The Morgan fingerprint density at radius 3 is 2.35 bits per heavy atom. The van der Waals surface area contributed by atoms with Crippen molar-refractivity contribution in [1.82, 2.24) is 4.98 Å². The number of ether oxygens (including phenoxy) is 1. The largest absolute Gasteiger partial charge is 0.497 e. The molecule has 0 radical (unpaired) electrons. The van der Waals surface area contributed by atoms with Crippen LogP contribution in [0.5, 0.6) is 5.75 Å². The summed E-state index contributed by atoms with van der Waals surface area (Å²) in [4.78, 5) is 15.1. The van der Waals surface area contributed by atoms with Gasteiger partial charge in [0.25, 0.3) is 9.84 Å². The third-order valence-electron chi connectivity index (χ3n) is 2.86. The maximum atomic E-state index is 14.0. The van der Waals surface area contributed by atoms with Gasteiger partial charge in [-0.2, -0.15) is 8.78 Å². The van der Waals surface area contributed by atoms with Gasteiger partial charge in [0.1, 0.15) is 5.75 Å². The second-order valence-electron chi connectivity index (χ2n) is 4.37. The molecule has 23 heavy (non-hydrogen) atoms. The van der Waals surface area contributed by atoms with Gasteiger partial charge in [-0.15, -0.1) is 0 Å². The Bertz CT molecular complexity index is 793. The molecule has 0 aliphatic rings. The van der Waals surface area contributed by atoms with Gasteiger partial charge in [-0.3, -0.25) is 4.79 Å². The molecule has 0 saturated heterocycles. The lowest BCUT2D eigenvalue weighted by Gasteiger charge is -2.16.